The molecule has 2 bridgehead atoms. The predicted octanol–water partition coefficient (Wildman–Crippen LogP) is 3.67. The van der Waals surface area contributed by atoms with Gasteiger partial charge in [0.05, 0.1) is 11.0 Å². The molecule has 1 atom stereocenters. The van der Waals surface area contributed by atoms with E-state index in [1.54, 1.807) is 12.1 Å². The van der Waals surface area contributed by atoms with E-state index in [0.29, 0.717) is 5.92 Å². The van der Waals surface area contributed by atoms with Gasteiger partial charge in [-0.05, 0) is 56.6 Å². The van der Waals surface area contributed by atoms with Crippen LogP contribution in [0.4, 0.5) is 0 Å². The lowest BCUT2D eigenvalue weighted by molar-refractivity contribution is 0.125. The summed E-state index contributed by atoms with van der Waals surface area (Å²) >= 11 is 0. The van der Waals surface area contributed by atoms with Crippen LogP contribution in [0, 0.1) is 18.8 Å². The van der Waals surface area contributed by atoms with Crippen LogP contribution >= 0.6 is 0 Å². The van der Waals surface area contributed by atoms with Gasteiger partial charge >= 0.3 is 0 Å². The van der Waals surface area contributed by atoms with E-state index in [0.717, 1.165) is 37.2 Å². The molecule has 3 aliphatic rings. The smallest absolute Gasteiger partial charge is 0.263 e. The maximum atomic E-state index is 12.4. The largest absolute Gasteiger partial charge is 0.297 e. The molecule has 4 heteroatoms. The standard InChI is InChI=1S/C16H22O3S/c1-12-2-9-15(10-3-12)20(17,18)19-16-11-6-13-4-7-14(16)8-5-13/h2-3,9-10,13-14,16H,4-8,11H2,1H3/t13?,14?,16-/m0/s1. The molecule has 0 heterocycles. The molecule has 0 spiro atoms. The van der Waals surface area contributed by atoms with Gasteiger partial charge in [-0.2, -0.15) is 8.42 Å². The third-order valence-corrected chi connectivity index (χ3v) is 6.19. The summed E-state index contributed by atoms with van der Waals surface area (Å²) in [5.74, 6) is 1.22. The SMILES string of the molecule is Cc1ccc(S(=O)(=O)O[C@H]2CCC3CCC2CC3)cc1. The number of aryl methyl sites for hydroxylation is 1. The van der Waals surface area contributed by atoms with Crippen LogP contribution in [-0.2, 0) is 14.3 Å². The first kappa shape index (κ1) is 14.1. The zero-order valence-electron chi connectivity index (χ0n) is 11.9. The summed E-state index contributed by atoms with van der Waals surface area (Å²) in [5.41, 5.74) is 1.05. The first-order chi connectivity index (χ1) is 9.54. The van der Waals surface area contributed by atoms with Crippen molar-refractivity contribution >= 4 is 10.1 Å². The normalized spacial score (nSPS) is 30.1. The van der Waals surface area contributed by atoms with Crippen molar-refractivity contribution in [3.63, 3.8) is 0 Å². The fourth-order valence-electron chi connectivity index (χ4n) is 3.53. The summed E-state index contributed by atoms with van der Waals surface area (Å²) in [6.45, 7) is 1.95. The molecular weight excluding hydrogens is 272 g/mol. The van der Waals surface area contributed by atoms with Crippen molar-refractivity contribution in [3.05, 3.63) is 29.8 Å². The molecule has 4 rings (SSSR count). The Labute approximate surface area is 121 Å². The van der Waals surface area contributed by atoms with Crippen molar-refractivity contribution in [2.45, 2.75) is 56.4 Å². The second-order valence-corrected chi connectivity index (χ2v) is 7.83. The summed E-state index contributed by atoms with van der Waals surface area (Å²) in [5, 5.41) is 0. The van der Waals surface area contributed by atoms with E-state index in [4.69, 9.17) is 4.18 Å². The van der Waals surface area contributed by atoms with Gasteiger partial charge in [0.2, 0.25) is 0 Å². The summed E-state index contributed by atoms with van der Waals surface area (Å²) < 4.78 is 30.3. The first-order valence-corrected chi connectivity index (χ1v) is 8.95. The minimum atomic E-state index is -3.62. The monoisotopic (exact) mass is 294 g/mol. The number of benzene rings is 1. The van der Waals surface area contributed by atoms with Crippen molar-refractivity contribution in [1.29, 1.82) is 0 Å². The van der Waals surface area contributed by atoms with E-state index in [9.17, 15) is 8.42 Å². The van der Waals surface area contributed by atoms with Crippen LogP contribution in [0.3, 0.4) is 0 Å². The van der Waals surface area contributed by atoms with Crippen LogP contribution in [0.5, 0.6) is 0 Å². The molecule has 3 saturated carbocycles. The molecule has 3 aliphatic carbocycles. The molecule has 0 unspecified atom stereocenters. The highest BCUT2D eigenvalue weighted by Crippen LogP contribution is 2.41. The van der Waals surface area contributed by atoms with E-state index < -0.39 is 10.1 Å². The first-order valence-electron chi connectivity index (χ1n) is 7.54. The lowest BCUT2D eigenvalue weighted by Crippen LogP contribution is -2.26. The summed E-state index contributed by atoms with van der Waals surface area (Å²) in [7, 11) is -3.62. The van der Waals surface area contributed by atoms with Crippen LogP contribution in [0.15, 0.2) is 29.2 Å². The Kier molecular flexibility index (Phi) is 3.87. The Morgan fingerprint density at radius 3 is 2.20 bits per heavy atom. The Morgan fingerprint density at radius 2 is 1.55 bits per heavy atom. The zero-order valence-corrected chi connectivity index (χ0v) is 12.7. The fourth-order valence-corrected chi connectivity index (χ4v) is 4.69. The second kappa shape index (κ2) is 5.49. The number of rotatable bonds is 3. The van der Waals surface area contributed by atoms with E-state index in [2.05, 4.69) is 0 Å². The molecule has 20 heavy (non-hydrogen) atoms. The quantitative estimate of drug-likeness (QED) is 0.799. The van der Waals surface area contributed by atoms with E-state index in [-0.39, 0.29) is 11.0 Å². The highest BCUT2D eigenvalue weighted by molar-refractivity contribution is 7.86. The van der Waals surface area contributed by atoms with E-state index in [1.807, 2.05) is 19.1 Å². The number of hydrogen-bond donors (Lipinski definition) is 0. The van der Waals surface area contributed by atoms with Crippen molar-refractivity contribution in [1.82, 2.24) is 0 Å². The molecule has 1 aromatic carbocycles. The van der Waals surface area contributed by atoms with Gasteiger partial charge in [-0.15, -0.1) is 0 Å². The summed E-state index contributed by atoms with van der Waals surface area (Å²) in [4.78, 5) is 0.280. The van der Waals surface area contributed by atoms with Gasteiger partial charge in [0.1, 0.15) is 0 Å². The lowest BCUT2D eigenvalue weighted by Gasteiger charge is -2.27. The topological polar surface area (TPSA) is 43.4 Å². The van der Waals surface area contributed by atoms with Crippen molar-refractivity contribution in [2.24, 2.45) is 11.8 Å². The second-order valence-electron chi connectivity index (χ2n) is 6.26. The minimum Gasteiger partial charge on any atom is -0.263 e. The molecular formula is C16H22O3S. The third-order valence-electron chi connectivity index (χ3n) is 4.84. The molecule has 1 aromatic rings. The van der Waals surface area contributed by atoms with Crippen LogP contribution in [0.25, 0.3) is 0 Å². The summed E-state index contributed by atoms with van der Waals surface area (Å²) in [6, 6.07) is 6.90. The number of hydrogen-bond acceptors (Lipinski definition) is 3. The highest BCUT2D eigenvalue weighted by Gasteiger charge is 2.35. The molecule has 3 fully saturated rings. The van der Waals surface area contributed by atoms with Crippen LogP contribution in [-0.4, -0.2) is 14.5 Å². The molecule has 3 nitrogen and oxygen atoms in total. The molecule has 0 N–H and O–H groups in total. The average molecular weight is 294 g/mol. The van der Waals surface area contributed by atoms with Crippen molar-refractivity contribution in [3.8, 4) is 0 Å². The molecule has 0 aliphatic heterocycles. The van der Waals surface area contributed by atoms with Gasteiger partial charge in [0.25, 0.3) is 10.1 Å². The molecule has 0 radical (unpaired) electrons. The lowest BCUT2D eigenvalue weighted by atomic mass is 9.83. The van der Waals surface area contributed by atoms with Crippen LogP contribution < -0.4 is 0 Å². The van der Waals surface area contributed by atoms with E-state index in [1.165, 1.54) is 12.8 Å². The highest BCUT2D eigenvalue weighted by atomic mass is 32.2. The van der Waals surface area contributed by atoms with Gasteiger partial charge in [0.15, 0.2) is 0 Å². The Bertz CT molecular complexity index is 554. The van der Waals surface area contributed by atoms with Gasteiger partial charge < -0.3 is 0 Å². The molecule has 110 valence electrons. The van der Waals surface area contributed by atoms with Gasteiger partial charge in [-0.1, -0.05) is 30.5 Å². The minimum absolute atomic E-state index is 0.117. The molecule has 0 aromatic heterocycles. The Morgan fingerprint density at radius 1 is 0.950 bits per heavy atom. The maximum absolute atomic E-state index is 12.4. The van der Waals surface area contributed by atoms with Crippen LogP contribution in [0.2, 0.25) is 0 Å². The number of fused-ring (bicyclic) bond motifs is 4. The van der Waals surface area contributed by atoms with Crippen LogP contribution in [0.1, 0.15) is 44.1 Å². The Balaban J connectivity index is 1.77. The molecule has 0 amide bonds. The summed E-state index contributed by atoms with van der Waals surface area (Å²) in [6.07, 6.45) is 6.63. The van der Waals surface area contributed by atoms with E-state index >= 15 is 0 Å². The average Bonchev–Trinajstić information content (AvgIpc) is 2.73. The fraction of sp³-hybridized carbons (Fsp3) is 0.625. The van der Waals surface area contributed by atoms with Crippen molar-refractivity contribution < 1.29 is 12.6 Å². The van der Waals surface area contributed by atoms with Gasteiger partial charge in [-0.3, -0.25) is 4.18 Å². The molecule has 0 saturated heterocycles. The van der Waals surface area contributed by atoms with Gasteiger partial charge in [-0.25, -0.2) is 0 Å². The predicted molar refractivity (Wildman–Crippen MR) is 77.9 cm³/mol. The zero-order chi connectivity index (χ0) is 14.2. The van der Waals surface area contributed by atoms with Gasteiger partial charge in [0, 0.05) is 0 Å². The third kappa shape index (κ3) is 2.91. The maximum Gasteiger partial charge on any atom is 0.297 e. The van der Waals surface area contributed by atoms with Crippen molar-refractivity contribution in [2.75, 3.05) is 0 Å². The Hall–Kier alpha value is -0.870.